The van der Waals surface area contributed by atoms with Gasteiger partial charge in [-0.25, -0.2) is 4.98 Å². The smallest absolute Gasteiger partial charge is 0.219 e. The number of halogens is 1. The quantitative estimate of drug-likeness (QED) is 0.739. The highest BCUT2D eigenvalue weighted by Gasteiger charge is 2.17. The Balaban J connectivity index is 2.92. The first-order valence-corrected chi connectivity index (χ1v) is 4.68. The fraction of sp³-hybridized carbons (Fsp3) is 0.444. The Morgan fingerprint density at radius 1 is 1.50 bits per heavy atom. The molecule has 0 atom stereocenters. The molecule has 0 aliphatic heterocycles. The van der Waals surface area contributed by atoms with Crippen LogP contribution in [0.5, 0.6) is 0 Å². The van der Waals surface area contributed by atoms with Crippen LogP contribution in [0.1, 0.15) is 32.4 Å². The van der Waals surface area contributed by atoms with E-state index in [2.05, 4.69) is 41.7 Å². The second-order valence-corrected chi connectivity index (χ2v) is 4.14. The maximum Gasteiger partial charge on any atom is 0.219 e. The van der Waals surface area contributed by atoms with Gasteiger partial charge in [-0.05, 0) is 4.99 Å². The summed E-state index contributed by atoms with van der Waals surface area (Å²) in [6.45, 7) is 6.31. The zero-order valence-corrected chi connectivity index (χ0v) is 9.05. The van der Waals surface area contributed by atoms with E-state index in [9.17, 15) is 0 Å². The van der Waals surface area contributed by atoms with Gasteiger partial charge in [0.1, 0.15) is 6.26 Å². The molecule has 66 valence electrons. The van der Waals surface area contributed by atoms with Crippen LogP contribution in [-0.4, -0.2) is 4.98 Å². The van der Waals surface area contributed by atoms with Crippen molar-refractivity contribution in [2.75, 3.05) is 0 Å². The van der Waals surface area contributed by atoms with Gasteiger partial charge in [0.2, 0.25) is 5.89 Å². The second kappa shape index (κ2) is 3.44. The molecular formula is C9H12BrNO. The Bertz CT molecular complexity index is 283. The van der Waals surface area contributed by atoms with Crippen LogP contribution in [0.2, 0.25) is 0 Å². The van der Waals surface area contributed by atoms with Crippen molar-refractivity contribution >= 4 is 22.0 Å². The van der Waals surface area contributed by atoms with Crippen molar-refractivity contribution in [3.8, 4) is 0 Å². The van der Waals surface area contributed by atoms with Crippen LogP contribution in [0.15, 0.2) is 15.7 Å². The lowest BCUT2D eigenvalue weighted by atomic mass is 9.93. The van der Waals surface area contributed by atoms with Crippen LogP contribution in [0, 0.1) is 0 Å². The summed E-state index contributed by atoms with van der Waals surface area (Å²) in [4.78, 5) is 6.02. The lowest BCUT2D eigenvalue weighted by Gasteiger charge is -2.12. The summed E-state index contributed by atoms with van der Waals surface area (Å²) in [6, 6.07) is 0. The maximum atomic E-state index is 5.20. The van der Waals surface area contributed by atoms with Crippen LogP contribution in [0.4, 0.5) is 0 Å². The molecule has 0 aromatic carbocycles. The third kappa shape index (κ3) is 2.21. The maximum absolute atomic E-state index is 5.20. The fourth-order valence-corrected chi connectivity index (χ4v) is 0.989. The largest absolute Gasteiger partial charge is 0.445 e. The predicted molar refractivity (Wildman–Crippen MR) is 53.2 cm³/mol. The highest BCUT2D eigenvalue weighted by Crippen LogP contribution is 2.21. The zero-order chi connectivity index (χ0) is 9.19. The molecule has 0 aliphatic carbocycles. The van der Waals surface area contributed by atoms with Crippen molar-refractivity contribution in [1.82, 2.24) is 4.98 Å². The molecule has 0 unspecified atom stereocenters. The van der Waals surface area contributed by atoms with Crippen molar-refractivity contribution in [3.05, 3.63) is 22.8 Å². The summed E-state index contributed by atoms with van der Waals surface area (Å²) in [5.74, 6) is 0.636. The van der Waals surface area contributed by atoms with Crippen LogP contribution in [0.25, 0.3) is 6.08 Å². The van der Waals surface area contributed by atoms with Gasteiger partial charge in [-0.15, -0.1) is 0 Å². The molecule has 1 rings (SSSR count). The first kappa shape index (κ1) is 9.52. The van der Waals surface area contributed by atoms with Gasteiger partial charge in [0.25, 0.3) is 0 Å². The third-order valence-corrected chi connectivity index (χ3v) is 1.76. The highest BCUT2D eigenvalue weighted by atomic mass is 79.9. The van der Waals surface area contributed by atoms with Gasteiger partial charge in [-0.2, -0.15) is 0 Å². The minimum Gasteiger partial charge on any atom is -0.445 e. The summed E-state index contributed by atoms with van der Waals surface area (Å²) in [5.41, 5.74) is 1.03. The number of nitrogens with zero attached hydrogens (tertiary/aromatic N) is 1. The van der Waals surface area contributed by atoms with Crippen LogP contribution < -0.4 is 0 Å². The molecule has 0 N–H and O–H groups in total. The van der Waals surface area contributed by atoms with Crippen LogP contribution in [-0.2, 0) is 5.41 Å². The molecule has 3 heteroatoms. The number of rotatable bonds is 1. The summed E-state index contributed by atoms with van der Waals surface area (Å²) >= 11 is 3.17. The molecule has 1 aromatic heterocycles. The van der Waals surface area contributed by atoms with Crippen molar-refractivity contribution in [1.29, 1.82) is 0 Å². The molecule has 0 saturated carbocycles. The Labute approximate surface area is 80.8 Å². The topological polar surface area (TPSA) is 26.0 Å². The molecule has 0 saturated heterocycles. The van der Waals surface area contributed by atoms with E-state index in [0.29, 0.717) is 5.89 Å². The molecular weight excluding hydrogens is 218 g/mol. The number of hydrogen-bond acceptors (Lipinski definition) is 2. The second-order valence-electron chi connectivity index (χ2n) is 3.61. The van der Waals surface area contributed by atoms with Gasteiger partial charge < -0.3 is 4.42 Å². The van der Waals surface area contributed by atoms with Gasteiger partial charge in [0.15, 0.2) is 0 Å². The van der Waals surface area contributed by atoms with Crippen LogP contribution in [0.3, 0.4) is 0 Å². The van der Waals surface area contributed by atoms with Gasteiger partial charge in [0.05, 0.1) is 5.69 Å². The monoisotopic (exact) mass is 229 g/mol. The molecule has 0 spiro atoms. The van der Waals surface area contributed by atoms with Crippen molar-refractivity contribution in [3.63, 3.8) is 0 Å². The first-order valence-electron chi connectivity index (χ1n) is 3.77. The summed E-state index contributed by atoms with van der Waals surface area (Å²) in [7, 11) is 0. The number of oxazole rings is 1. The highest BCUT2D eigenvalue weighted by molar-refractivity contribution is 9.11. The van der Waals surface area contributed by atoms with Gasteiger partial charge in [-0.1, -0.05) is 36.7 Å². The summed E-state index contributed by atoms with van der Waals surface area (Å²) < 4.78 is 5.20. The number of hydrogen-bond donors (Lipinski definition) is 0. The SMILES string of the molecule is CC(C)(C)c1coc(/C=C/Br)n1. The average molecular weight is 230 g/mol. The van der Waals surface area contributed by atoms with E-state index in [-0.39, 0.29) is 5.41 Å². The van der Waals surface area contributed by atoms with E-state index in [0.717, 1.165) is 5.69 Å². The van der Waals surface area contributed by atoms with Gasteiger partial charge >= 0.3 is 0 Å². The molecule has 0 amide bonds. The van der Waals surface area contributed by atoms with E-state index in [4.69, 9.17) is 4.42 Å². The molecule has 0 aliphatic rings. The van der Waals surface area contributed by atoms with E-state index >= 15 is 0 Å². The average Bonchev–Trinajstić information content (AvgIpc) is 2.35. The molecule has 0 fully saturated rings. The van der Waals surface area contributed by atoms with E-state index in [1.807, 2.05) is 0 Å². The fourth-order valence-electron chi connectivity index (χ4n) is 0.763. The van der Waals surface area contributed by atoms with E-state index < -0.39 is 0 Å². The summed E-state index contributed by atoms with van der Waals surface area (Å²) in [6.07, 6.45) is 3.47. The molecule has 0 radical (unpaired) electrons. The Hall–Kier alpha value is -0.570. The molecule has 2 nitrogen and oxygen atoms in total. The van der Waals surface area contributed by atoms with Gasteiger partial charge in [0, 0.05) is 11.5 Å². The van der Waals surface area contributed by atoms with Gasteiger partial charge in [-0.3, -0.25) is 0 Å². The Morgan fingerprint density at radius 3 is 2.58 bits per heavy atom. The molecule has 12 heavy (non-hydrogen) atoms. The third-order valence-electron chi connectivity index (χ3n) is 1.50. The lowest BCUT2D eigenvalue weighted by molar-refractivity contribution is 0.531. The number of aromatic nitrogens is 1. The first-order chi connectivity index (χ1) is 5.54. The van der Waals surface area contributed by atoms with E-state index in [1.54, 1.807) is 17.3 Å². The molecule has 1 aromatic rings. The minimum absolute atomic E-state index is 0.0574. The lowest BCUT2D eigenvalue weighted by Crippen LogP contribution is -2.11. The standard InChI is InChI=1S/C9H12BrNO/c1-9(2,3)7-6-12-8(11-7)4-5-10/h4-6H,1-3H3/b5-4+. The minimum atomic E-state index is 0.0574. The molecule has 1 heterocycles. The zero-order valence-electron chi connectivity index (χ0n) is 7.47. The van der Waals surface area contributed by atoms with E-state index in [1.165, 1.54) is 0 Å². The summed E-state index contributed by atoms with van der Waals surface area (Å²) in [5, 5.41) is 0. The Kier molecular flexibility index (Phi) is 2.73. The predicted octanol–water partition coefficient (Wildman–Crippen LogP) is 3.34. The normalized spacial score (nSPS) is 12.7. The molecule has 0 bridgehead atoms. The van der Waals surface area contributed by atoms with Crippen molar-refractivity contribution in [2.24, 2.45) is 0 Å². The van der Waals surface area contributed by atoms with Crippen molar-refractivity contribution < 1.29 is 4.42 Å². The van der Waals surface area contributed by atoms with Crippen LogP contribution >= 0.6 is 15.9 Å². The Morgan fingerprint density at radius 2 is 2.17 bits per heavy atom. The van der Waals surface area contributed by atoms with Crippen molar-refractivity contribution in [2.45, 2.75) is 26.2 Å².